The van der Waals surface area contributed by atoms with Crippen molar-refractivity contribution in [2.75, 3.05) is 18.6 Å². The maximum Gasteiger partial charge on any atom is 0.251 e. The van der Waals surface area contributed by atoms with Gasteiger partial charge in [-0.15, -0.1) is 10.2 Å². The molecule has 27 heavy (non-hydrogen) atoms. The largest absolute Gasteiger partial charge is 0.496 e. The molecule has 3 aromatic rings. The first-order valence-corrected chi connectivity index (χ1v) is 8.95. The van der Waals surface area contributed by atoms with Gasteiger partial charge in [-0.2, -0.15) is 0 Å². The zero-order valence-corrected chi connectivity index (χ0v) is 15.8. The number of hydrogen-bond acceptors (Lipinski definition) is 5. The number of carbonyl (C=O) groups is 1. The van der Waals surface area contributed by atoms with Gasteiger partial charge in [-0.3, -0.25) is 4.79 Å². The zero-order chi connectivity index (χ0) is 19.2. The van der Waals surface area contributed by atoms with Gasteiger partial charge >= 0.3 is 0 Å². The van der Waals surface area contributed by atoms with E-state index in [4.69, 9.17) is 9.15 Å². The molecule has 1 amide bonds. The van der Waals surface area contributed by atoms with Crippen LogP contribution in [0.1, 0.15) is 24.8 Å². The number of ether oxygens (including phenoxy) is 1. The Labute approximate surface area is 158 Å². The predicted octanol–water partition coefficient (Wildman–Crippen LogP) is 4.04. The van der Waals surface area contributed by atoms with Gasteiger partial charge in [0.25, 0.3) is 5.89 Å². The Morgan fingerprint density at radius 3 is 2.70 bits per heavy atom. The second-order valence-corrected chi connectivity index (χ2v) is 6.18. The summed E-state index contributed by atoms with van der Waals surface area (Å²) in [7, 11) is 1.60. The molecule has 0 saturated heterocycles. The zero-order valence-electron chi connectivity index (χ0n) is 15.8. The minimum Gasteiger partial charge on any atom is -0.496 e. The Kier molecular flexibility index (Phi) is 5.86. The van der Waals surface area contributed by atoms with E-state index in [2.05, 4.69) is 10.2 Å². The third-order valence-corrected chi connectivity index (χ3v) is 4.29. The van der Waals surface area contributed by atoms with Crippen LogP contribution in [0.3, 0.4) is 0 Å². The number of nitrogens with zero attached hydrogens (tertiary/aromatic N) is 3. The fourth-order valence-electron chi connectivity index (χ4n) is 2.93. The SMILES string of the molecule is CCN(C(=O)CCc1nnc(-c2ccccc2OC)o1)c1cccc(C)c1. The van der Waals surface area contributed by atoms with Crippen LogP contribution < -0.4 is 9.64 Å². The highest BCUT2D eigenvalue weighted by Gasteiger charge is 2.17. The standard InChI is InChI=1S/C21H23N3O3/c1-4-24(16-9-7-8-15(2)14-16)20(25)13-12-19-22-23-21(27-19)17-10-5-6-11-18(17)26-3/h5-11,14H,4,12-13H2,1-3H3. The van der Waals surface area contributed by atoms with E-state index in [1.165, 1.54) is 0 Å². The van der Waals surface area contributed by atoms with Crippen LogP contribution in [-0.4, -0.2) is 29.8 Å². The lowest BCUT2D eigenvalue weighted by Crippen LogP contribution is -2.30. The van der Waals surface area contributed by atoms with Gasteiger partial charge in [-0.05, 0) is 43.7 Å². The normalized spacial score (nSPS) is 10.6. The maximum absolute atomic E-state index is 12.7. The molecule has 3 rings (SSSR count). The number of anilines is 1. The molecule has 6 heteroatoms. The molecule has 0 aliphatic rings. The first-order valence-electron chi connectivity index (χ1n) is 8.95. The van der Waals surface area contributed by atoms with Gasteiger partial charge < -0.3 is 14.1 Å². The summed E-state index contributed by atoms with van der Waals surface area (Å²) in [6.07, 6.45) is 0.693. The van der Waals surface area contributed by atoms with Gasteiger partial charge in [-0.1, -0.05) is 24.3 Å². The van der Waals surface area contributed by atoms with Gasteiger partial charge in [0, 0.05) is 25.1 Å². The van der Waals surface area contributed by atoms with E-state index in [1.807, 2.05) is 62.4 Å². The van der Waals surface area contributed by atoms with E-state index in [9.17, 15) is 4.79 Å². The summed E-state index contributed by atoms with van der Waals surface area (Å²) >= 11 is 0. The molecular weight excluding hydrogens is 342 g/mol. The molecule has 0 spiro atoms. The molecule has 0 aliphatic carbocycles. The molecule has 1 heterocycles. The predicted molar refractivity (Wildman–Crippen MR) is 104 cm³/mol. The lowest BCUT2D eigenvalue weighted by Gasteiger charge is -2.21. The molecule has 6 nitrogen and oxygen atoms in total. The van der Waals surface area contributed by atoms with E-state index in [-0.39, 0.29) is 5.91 Å². The van der Waals surface area contributed by atoms with Crippen LogP contribution >= 0.6 is 0 Å². The van der Waals surface area contributed by atoms with Crippen LogP contribution in [0.15, 0.2) is 52.9 Å². The smallest absolute Gasteiger partial charge is 0.251 e. The second-order valence-electron chi connectivity index (χ2n) is 6.18. The van der Waals surface area contributed by atoms with Gasteiger partial charge in [0.15, 0.2) is 0 Å². The summed E-state index contributed by atoms with van der Waals surface area (Å²) in [6, 6.07) is 15.4. The number of aryl methyl sites for hydroxylation is 2. The van der Waals surface area contributed by atoms with Crippen molar-refractivity contribution < 1.29 is 13.9 Å². The van der Waals surface area contributed by atoms with E-state index < -0.39 is 0 Å². The van der Waals surface area contributed by atoms with E-state index in [0.29, 0.717) is 36.9 Å². The Hall–Kier alpha value is -3.15. The van der Waals surface area contributed by atoms with E-state index in [0.717, 1.165) is 16.8 Å². The highest BCUT2D eigenvalue weighted by Crippen LogP contribution is 2.28. The average molecular weight is 365 g/mol. The fourth-order valence-corrected chi connectivity index (χ4v) is 2.93. The van der Waals surface area contributed by atoms with Crippen molar-refractivity contribution in [3.05, 3.63) is 60.0 Å². The minimum atomic E-state index is 0.0279. The number of rotatable bonds is 7. The van der Waals surface area contributed by atoms with Crippen LogP contribution in [0.4, 0.5) is 5.69 Å². The molecule has 0 N–H and O–H groups in total. The van der Waals surface area contributed by atoms with Crippen molar-refractivity contribution in [2.45, 2.75) is 26.7 Å². The topological polar surface area (TPSA) is 68.5 Å². The second kappa shape index (κ2) is 8.49. The van der Waals surface area contributed by atoms with Crippen molar-refractivity contribution in [1.82, 2.24) is 10.2 Å². The summed E-state index contributed by atoms with van der Waals surface area (Å²) in [5.74, 6) is 1.52. The third-order valence-electron chi connectivity index (χ3n) is 4.29. The lowest BCUT2D eigenvalue weighted by molar-refractivity contribution is -0.118. The summed E-state index contributed by atoms with van der Waals surface area (Å²) in [6.45, 7) is 4.59. The van der Waals surface area contributed by atoms with Crippen molar-refractivity contribution in [3.63, 3.8) is 0 Å². The minimum absolute atomic E-state index is 0.0279. The summed E-state index contributed by atoms with van der Waals surface area (Å²) in [4.78, 5) is 14.4. The molecular formula is C21H23N3O3. The number of methoxy groups -OCH3 is 1. The Balaban J connectivity index is 1.68. The summed E-state index contributed by atoms with van der Waals surface area (Å²) in [5, 5.41) is 8.16. The first-order chi connectivity index (χ1) is 13.1. The number of para-hydroxylation sites is 1. The van der Waals surface area contributed by atoms with Crippen molar-refractivity contribution >= 4 is 11.6 Å². The molecule has 0 aliphatic heterocycles. The first kappa shape index (κ1) is 18.6. The third kappa shape index (κ3) is 4.34. The molecule has 0 atom stereocenters. The Morgan fingerprint density at radius 2 is 1.96 bits per heavy atom. The van der Waals surface area contributed by atoms with Crippen LogP contribution in [0.5, 0.6) is 5.75 Å². The van der Waals surface area contributed by atoms with Crippen LogP contribution in [0.25, 0.3) is 11.5 Å². The van der Waals surface area contributed by atoms with Gasteiger partial charge in [-0.25, -0.2) is 0 Å². The van der Waals surface area contributed by atoms with Crippen molar-refractivity contribution in [3.8, 4) is 17.2 Å². The maximum atomic E-state index is 12.7. The van der Waals surface area contributed by atoms with Gasteiger partial charge in [0.2, 0.25) is 11.8 Å². The number of aromatic nitrogens is 2. The quantitative estimate of drug-likeness (QED) is 0.632. The van der Waals surface area contributed by atoms with Crippen LogP contribution in [0.2, 0.25) is 0 Å². The van der Waals surface area contributed by atoms with E-state index >= 15 is 0 Å². The Morgan fingerprint density at radius 1 is 1.15 bits per heavy atom. The number of carbonyl (C=O) groups excluding carboxylic acids is 1. The highest BCUT2D eigenvalue weighted by atomic mass is 16.5. The fraction of sp³-hybridized carbons (Fsp3) is 0.286. The number of hydrogen-bond donors (Lipinski definition) is 0. The van der Waals surface area contributed by atoms with Crippen molar-refractivity contribution in [2.24, 2.45) is 0 Å². The van der Waals surface area contributed by atoms with Crippen LogP contribution in [-0.2, 0) is 11.2 Å². The molecule has 1 aromatic heterocycles. The van der Waals surface area contributed by atoms with Crippen LogP contribution in [0, 0.1) is 6.92 Å². The number of amides is 1. The molecule has 0 radical (unpaired) electrons. The molecule has 0 unspecified atom stereocenters. The molecule has 0 fully saturated rings. The van der Waals surface area contributed by atoms with Gasteiger partial charge in [0.05, 0.1) is 12.7 Å². The summed E-state index contributed by atoms with van der Waals surface area (Å²) < 4.78 is 11.1. The Bertz CT molecular complexity index is 920. The molecule has 0 saturated carbocycles. The monoisotopic (exact) mass is 365 g/mol. The lowest BCUT2D eigenvalue weighted by atomic mass is 10.2. The number of benzene rings is 2. The summed E-state index contributed by atoms with van der Waals surface area (Å²) in [5.41, 5.74) is 2.76. The van der Waals surface area contributed by atoms with Gasteiger partial charge in [0.1, 0.15) is 5.75 Å². The molecule has 2 aromatic carbocycles. The molecule has 0 bridgehead atoms. The molecule has 140 valence electrons. The van der Waals surface area contributed by atoms with Crippen molar-refractivity contribution in [1.29, 1.82) is 0 Å². The van der Waals surface area contributed by atoms with E-state index in [1.54, 1.807) is 12.0 Å². The highest BCUT2D eigenvalue weighted by molar-refractivity contribution is 5.93. The average Bonchev–Trinajstić information content (AvgIpc) is 3.16.